The first-order chi connectivity index (χ1) is 6.59. The van der Waals surface area contributed by atoms with E-state index in [4.69, 9.17) is 11.2 Å². The van der Waals surface area contributed by atoms with E-state index in [1.165, 1.54) is 0 Å². The molecule has 1 heterocycles. The lowest BCUT2D eigenvalue weighted by molar-refractivity contribution is 0.588. The van der Waals surface area contributed by atoms with Gasteiger partial charge < -0.3 is 0 Å². The van der Waals surface area contributed by atoms with Crippen molar-refractivity contribution in [2.45, 2.75) is 31.3 Å². The number of fused-ring (bicyclic) bond motifs is 1. The highest BCUT2D eigenvalue weighted by Crippen LogP contribution is 2.30. The first-order valence-corrected chi connectivity index (χ1v) is 7.23. The van der Waals surface area contributed by atoms with Gasteiger partial charge in [0.05, 0.1) is 0 Å². The highest BCUT2D eigenvalue weighted by Gasteiger charge is 2.21. The summed E-state index contributed by atoms with van der Waals surface area (Å²) in [5, 5.41) is 0. The van der Waals surface area contributed by atoms with Crippen LogP contribution in [0.3, 0.4) is 0 Å². The Labute approximate surface area is 91.1 Å². The molecule has 0 nitrogen and oxygen atoms in total. The number of rotatable bonds is 1. The summed E-state index contributed by atoms with van der Waals surface area (Å²) in [5.41, 5.74) is 2.84. The first kappa shape index (κ1) is 10.2. The van der Waals surface area contributed by atoms with Crippen LogP contribution in [0.15, 0.2) is 12.1 Å². The molecule has 1 aromatic carbocycles. The summed E-state index contributed by atoms with van der Waals surface area (Å²) in [6.07, 6.45) is 0. The van der Waals surface area contributed by atoms with Crippen LogP contribution in [0.2, 0.25) is 0 Å². The van der Waals surface area contributed by atoms with Crippen molar-refractivity contribution >= 4 is 20.6 Å². The molecule has 14 heavy (non-hydrogen) atoms. The van der Waals surface area contributed by atoms with Gasteiger partial charge in [-0.25, -0.2) is 4.39 Å². The summed E-state index contributed by atoms with van der Waals surface area (Å²) in [7, 11) is -0.0578. The molecule has 0 amide bonds. The lowest BCUT2D eigenvalue weighted by Crippen LogP contribution is -1.98. The predicted molar refractivity (Wildman–Crippen MR) is 62.6 cm³/mol. The summed E-state index contributed by atoms with van der Waals surface area (Å²) < 4.78 is 14.0. The molecule has 1 aliphatic rings. The molecule has 0 saturated heterocycles. The zero-order valence-electron chi connectivity index (χ0n) is 8.34. The molecular formula is C11H13FS2. The molecule has 1 atom stereocenters. The van der Waals surface area contributed by atoms with E-state index in [-0.39, 0.29) is 21.2 Å². The molecule has 76 valence electrons. The second-order valence-electron chi connectivity index (χ2n) is 3.99. The van der Waals surface area contributed by atoms with Crippen LogP contribution in [0.1, 0.15) is 36.5 Å². The van der Waals surface area contributed by atoms with Gasteiger partial charge >= 0.3 is 0 Å². The third kappa shape index (κ3) is 1.63. The van der Waals surface area contributed by atoms with E-state index < -0.39 is 0 Å². The van der Waals surface area contributed by atoms with Crippen LogP contribution in [-0.4, -0.2) is 0 Å². The molecule has 3 heteroatoms. The molecule has 0 aliphatic carbocycles. The highest BCUT2D eigenvalue weighted by molar-refractivity contribution is 8.28. The maximum Gasteiger partial charge on any atom is 0.131 e. The van der Waals surface area contributed by atoms with Crippen LogP contribution in [0.4, 0.5) is 4.39 Å². The second-order valence-corrected chi connectivity index (χ2v) is 6.86. The van der Waals surface area contributed by atoms with Crippen molar-refractivity contribution in [3.63, 3.8) is 0 Å². The predicted octanol–water partition coefficient (Wildman–Crippen LogP) is 3.04. The Morgan fingerprint density at radius 3 is 2.71 bits per heavy atom. The molecule has 2 rings (SSSR count). The van der Waals surface area contributed by atoms with Crippen molar-refractivity contribution in [3.05, 3.63) is 34.6 Å². The van der Waals surface area contributed by atoms with Gasteiger partial charge in [-0.2, -0.15) is 0 Å². The molecule has 0 aromatic heterocycles. The Hall–Kier alpha value is -0.280. The van der Waals surface area contributed by atoms with Gasteiger partial charge in [0.2, 0.25) is 0 Å². The number of benzene rings is 1. The largest absolute Gasteiger partial charge is 0.206 e. The molecule has 1 aliphatic heterocycles. The zero-order valence-corrected chi connectivity index (χ0v) is 9.97. The van der Waals surface area contributed by atoms with Gasteiger partial charge in [-0.3, -0.25) is 0 Å². The van der Waals surface area contributed by atoms with E-state index in [0.717, 1.165) is 28.2 Å². The van der Waals surface area contributed by atoms with Gasteiger partial charge in [-0.05, 0) is 17.0 Å². The molecular weight excluding hydrogens is 215 g/mol. The van der Waals surface area contributed by atoms with E-state index >= 15 is 0 Å². The molecule has 0 fully saturated rings. The summed E-state index contributed by atoms with van der Waals surface area (Å²) in [6, 6.07) is 3.96. The monoisotopic (exact) mass is 228 g/mol. The minimum atomic E-state index is -0.0578. The third-order valence-electron chi connectivity index (χ3n) is 2.61. The van der Waals surface area contributed by atoms with E-state index in [2.05, 4.69) is 0 Å². The maximum atomic E-state index is 14.0. The average Bonchev–Trinajstić information content (AvgIpc) is 2.46. The maximum absolute atomic E-state index is 14.0. The van der Waals surface area contributed by atoms with Gasteiger partial charge in [-0.1, -0.05) is 37.2 Å². The third-order valence-corrected chi connectivity index (χ3v) is 4.56. The van der Waals surface area contributed by atoms with Crippen molar-refractivity contribution in [3.8, 4) is 0 Å². The van der Waals surface area contributed by atoms with Crippen molar-refractivity contribution < 1.29 is 4.39 Å². The smallest absolute Gasteiger partial charge is 0.131 e. The van der Waals surface area contributed by atoms with Gasteiger partial charge in [0.1, 0.15) is 5.82 Å². The fourth-order valence-electron chi connectivity index (χ4n) is 1.80. The van der Waals surface area contributed by atoms with Crippen molar-refractivity contribution in [2.24, 2.45) is 0 Å². The Bertz CT molecular complexity index is 397. The Balaban J connectivity index is 2.53. The van der Waals surface area contributed by atoms with Crippen LogP contribution >= 0.6 is 0 Å². The van der Waals surface area contributed by atoms with Crippen LogP contribution in [-0.2, 0) is 32.1 Å². The summed E-state index contributed by atoms with van der Waals surface area (Å²) >= 11 is 5.24. The highest BCUT2D eigenvalue weighted by atomic mass is 32.8. The number of hydrogen-bond acceptors (Lipinski definition) is 1. The van der Waals surface area contributed by atoms with Gasteiger partial charge in [-0.15, -0.1) is 9.45 Å². The lowest BCUT2D eigenvalue weighted by atomic mass is 9.97. The van der Waals surface area contributed by atoms with Crippen LogP contribution < -0.4 is 0 Å². The standard InChI is InChI=1S/C11H13FS2/c1-7(2)9-4-3-8-5-14(13)6-10(8)11(9)12/h3-4,7H,5-6H2,1-2H3. The van der Waals surface area contributed by atoms with Crippen molar-refractivity contribution in [1.82, 2.24) is 0 Å². The quantitative estimate of drug-likeness (QED) is 0.712. The normalized spacial score (nSPS) is 20.1. The summed E-state index contributed by atoms with van der Waals surface area (Å²) in [5.74, 6) is 1.90. The van der Waals surface area contributed by atoms with Crippen LogP contribution in [0.25, 0.3) is 0 Å². The van der Waals surface area contributed by atoms with E-state index in [1.807, 2.05) is 26.0 Å². The lowest BCUT2D eigenvalue weighted by Gasteiger charge is -2.09. The summed E-state index contributed by atoms with van der Waals surface area (Å²) in [6.45, 7) is 4.04. The second kappa shape index (κ2) is 3.70. The minimum Gasteiger partial charge on any atom is -0.206 e. The number of hydrogen-bond donors (Lipinski definition) is 0. The molecule has 0 bridgehead atoms. The molecule has 0 spiro atoms. The fraction of sp³-hybridized carbons (Fsp3) is 0.455. The van der Waals surface area contributed by atoms with Gasteiger partial charge in [0, 0.05) is 17.1 Å². The zero-order chi connectivity index (χ0) is 10.3. The molecule has 1 unspecified atom stereocenters. The van der Waals surface area contributed by atoms with Gasteiger partial charge in [0.25, 0.3) is 0 Å². The molecule has 1 aromatic rings. The van der Waals surface area contributed by atoms with Gasteiger partial charge in [0.15, 0.2) is 0 Å². The SMILES string of the molecule is CC(C)c1ccc2c(c1F)CS(=S)C2. The van der Waals surface area contributed by atoms with E-state index in [9.17, 15) is 4.39 Å². The summed E-state index contributed by atoms with van der Waals surface area (Å²) in [4.78, 5) is 0. The van der Waals surface area contributed by atoms with E-state index in [1.54, 1.807) is 0 Å². The Kier molecular flexibility index (Phi) is 2.71. The fourth-order valence-corrected chi connectivity index (χ4v) is 3.89. The Morgan fingerprint density at radius 2 is 2.07 bits per heavy atom. The number of halogens is 1. The van der Waals surface area contributed by atoms with E-state index in [0.29, 0.717) is 0 Å². The Morgan fingerprint density at radius 1 is 1.36 bits per heavy atom. The molecule has 0 radical (unpaired) electrons. The average molecular weight is 228 g/mol. The van der Waals surface area contributed by atoms with Crippen LogP contribution in [0, 0.1) is 5.82 Å². The van der Waals surface area contributed by atoms with Crippen molar-refractivity contribution in [1.29, 1.82) is 0 Å². The molecule has 0 saturated carbocycles. The van der Waals surface area contributed by atoms with Crippen molar-refractivity contribution in [2.75, 3.05) is 0 Å². The topological polar surface area (TPSA) is 0 Å². The first-order valence-electron chi connectivity index (χ1n) is 4.74. The molecule has 0 N–H and O–H groups in total. The minimum absolute atomic E-state index is 0.00245. The van der Waals surface area contributed by atoms with Crippen LogP contribution in [0.5, 0.6) is 0 Å².